The summed E-state index contributed by atoms with van der Waals surface area (Å²) in [5, 5.41) is 19.1. The number of hydrogen-bond donors (Lipinski definition) is 1. The van der Waals surface area contributed by atoms with Crippen molar-refractivity contribution in [2.75, 3.05) is 0 Å². The number of rotatable bonds is 3. The molecule has 0 atom stereocenters. The van der Waals surface area contributed by atoms with E-state index in [4.69, 9.17) is 5.73 Å². The van der Waals surface area contributed by atoms with Crippen molar-refractivity contribution < 1.29 is 9.72 Å². The summed E-state index contributed by atoms with van der Waals surface area (Å²) in [7, 11) is 0. The highest BCUT2D eigenvalue weighted by atomic mass is 16.6. The highest BCUT2D eigenvalue weighted by molar-refractivity contribution is 5.94. The van der Waals surface area contributed by atoms with Gasteiger partial charge in [0.2, 0.25) is 5.91 Å². The Labute approximate surface area is 117 Å². The number of primary amides is 1. The van der Waals surface area contributed by atoms with Crippen LogP contribution in [-0.2, 0) is 0 Å². The highest BCUT2D eigenvalue weighted by Crippen LogP contribution is 2.26. The number of fused-ring (bicyclic) bond motifs is 1. The predicted octanol–water partition coefficient (Wildman–Crippen LogP) is 1.43. The number of para-hydroxylation sites is 1. The Hall–Kier alpha value is -3.29. The van der Waals surface area contributed by atoms with E-state index < -0.39 is 10.8 Å². The van der Waals surface area contributed by atoms with Gasteiger partial charge in [-0.1, -0.05) is 17.3 Å². The third-order valence-electron chi connectivity index (χ3n) is 3.04. The van der Waals surface area contributed by atoms with Crippen LogP contribution in [-0.4, -0.2) is 25.8 Å². The van der Waals surface area contributed by atoms with E-state index in [1.807, 2.05) is 0 Å². The van der Waals surface area contributed by atoms with Crippen LogP contribution < -0.4 is 5.73 Å². The number of hydrogen-bond acceptors (Lipinski definition) is 5. The number of benzene rings is 2. The largest absolute Gasteiger partial charge is 0.366 e. The number of carbonyl (C=O) groups is 1. The summed E-state index contributed by atoms with van der Waals surface area (Å²) in [6, 6.07) is 11.1. The second kappa shape index (κ2) is 4.67. The fourth-order valence-corrected chi connectivity index (χ4v) is 2.05. The monoisotopic (exact) mass is 283 g/mol. The molecule has 0 aliphatic rings. The lowest BCUT2D eigenvalue weighted by molar-refractivity contribution is -0.384. The summed E-state index contributed by atoms with van der Waals surface area (Å²) >= 11 is 0. The molecule has 8 heteroatoms. The molecule has 0 aliphatic heterocycles. The minimum atomic E-state index is -0.729. The minimum Gasteiger partial charge on any atom is -0.366 e. The first-order chi connectivity index (χ1) is 10.1. The van der Waals surface area contributed by atoms with E-state index in [0.29, 0.717) is 11.0 Å². The van der Waals surface area contributed by atoms with E-state index in [1.165, 1.54) is 16.8 Å². The number of nitro benzene ring substituents is 1. The zero-order valence-corrected chi connectivity index (χ0v) is 10.6. The number of aromatic nitrogens is 3. The Bertz CT molecular complexity index is 871. The van der Waals surface area contributed by atoms with Crippen LogP contribution in [0.2, 0.25) is 0 Å². The zero-order chi connectivity index (χ0) is 15.0. The van der Waals surface area contributed by atoms with Crippen LogP contribution in [0.15, 0.2) is 42.5 Å². The molecule has 1 aromatic heterocycles. The van der Waals surface area contributed by atoms with Crippen molar-refractivity contribution in [2.45, 2.75) is 0 Å². The van der Waals surface area contributed by atoms with E-state index in [1.54, 1.807) is 24.3 Å². The number of amides is 1. The fraction of sp³-hybridized carbons (Fsp3) is 0. The van der Waals surface area contributed by atoms with E-state index in [0.717, 1.165) is 6.07 Å². The molecule has 21 heavy (non-hydrogen) atoms. The Morgan fingerprint density at radius 2 is 2.00 bits per heavy atom. The molecule has 104 valence electrons. The Kier molecular flexibility index (Phi) is 2.83. The van der Waals surface area contributed by atoms with Crippen LogP contribution >= 0.6 is 0 Å². The van der Waals surface area contributed by atoms with Gasteiger partial charge in [0, 0.05) is 11.6 Å². The van der Waals surface area contributed by atoms with Crippen molar-refractivity contribution in [1.29, 1.82) is 0 Å². The molecule has 0 aliphatic carbocycles. The van der Waals surface area contributed by atoms with Crippen molar-refractivity contribution in [2.24, 2.45) is 5.73 Å². The van der Waals surface area contributed by atoms with E-state index in [9.17, 15) is 14.9 Å². The van der Waals surface area contributed by atoms with Gasteiger partial charge in [-0.05, 0) is 24.3 Å². The first kappa shape index (κ1) is 12.7. The van der Waals surface area contributed by atoms with Gasteiger partial charge < -0.3 is 5.73 Å². The van der Waals surface area contributed by atoms with Crippen LogP contribution in [0.3, 0.4) is 0 Å². The standard InChI is InChI=1S/C13H9N5O3/c14-13(19)8-5-6-11(12(7-8)18(20)21)17-10-4-2-1-3-9(10)15-16-17/h1-7H,(H2,14,19). The smallest absolute Gasteiger partial charge is 0.295 e. The molecule has 1 heterocycles. The number of nitro groups is 1. The maximum absolute atomic E-state index is 11.2. The molecule has 3 rings (SSSR count). The van der Waals surface area contributed by atoms with E-state index in [-0.39, 0.29) is 16.9 Å². The predicted molar refractivity (Wildman–Crippen MR) is 74.0 cm³/mol. The van der Waals surface area contributed by atoms with Crippen LogP contribution in [0.1, 0.15) is 10.4 Å². The van der Waals surface area contributed by atoms with E-state index >= 15 is 0 Å². The van der Waals surface area contributed by atoms with Crippen molar-refractivity contribution in [3.8, 4) is 5.69 Å². The number of nitrogens with two attached hydrogens (primary N) is 1. The third-order valence-corrected chi connectivity index (χ3v) is 3.04. The topological polar surface area (TPSA) is 117 Å². The molecule has 0 unspecified atom stereocenters. The van der Waals surface area contributed by atoms with Gasteiger partial charge in [-0.2, -0.15) is 0 Å². The van der Waals surface area contributed by atoms with Gasteiger partial charge in [0.1, 0.15) is 11.2 Å². The second-order valence-electron chi connectivity index (χ2n) is 4.31. The molecule has 8 nitrogen and oxygen atoms in total. The lowest BCUT2D eigenvalue weighted by atomic mass is 10.1. The highest BCUT2D eigenvalue weighted by Gasteiger charge is 2.20. The molecular formula is C13H9N5O3. The Morgan fingerprint density at radius 3 is 2.71 bits per heavy atom. The summed E-state index contributed by atoms with van der Waals surface area (Å²) in [5.41, 5.74) is 6.42. The first-order valence-electron chi connectivity index (χ1n) is 5.97. The molecule has 2 N–H and O–H groups in total. The molecule has 2 aromatic carbocycles. The van der Waals surface area contributed by atoms with Crippen molar-refractivity contribution in [3.05, 3.63) is 58.1 Å². The van der Waals surface area contributed by atoms with Gasteiger partial charge in [0.25, 0.3) is 5.69 Å². The lowest BCUT2D eigenvalue weighted by Gasteiger charge is -2.04. The van der Waals surface area contributed by atoms with Crippen molar-refractivity contribution in [1.82, 2.24) is 15.0 Å². The molecule has 0 radical (unpaired) electrons. The van der Waals surface area contributed by atoms with Gasteiger partial charge in [-0.3, -0.25) is 14.9 Å². The normalized spacial score (nSPS) is 10.7. The SMILES string of the molecule is NC(=O)c1ccc(-n2nnc3ccccc32)c([N+](=O)[O-])c1. The van der Waals surface area contributed by atoms with Crippen LogP contribution in [0.4, 0.5) is 5.69 Å². The lowest BCUT2D eigenvalue weighted by Crippen LogP contribution is -2.12. The summed E-state index contributed by atoms with van der Waals surface area (Å²) < 4.78 is 1.36. The summed E-state index contributed by atoms with van der Waals surface area (Å²) in [5.74, 6) is -0.729. The zero-order valence-electron chi connectivity index (χ0n) is 10.6. The Morgan fingerprint density at radius 1 is 1.24 bits per heavy atom. The summed E-state index contributed by atoms with van der Waals surface area (Å²) in [6.45, 7) is 0. The average Bonchev–Trinajstić information content (AvgIpc) is 2.90. The van der Waals surface area contributed by atoms with Crippen molar-refractivity contribution >= 4 is 22.6 Å². The molecular weight excluding hydrogens is 274 g/mol. The molecule has 0 spiro atoms. The van der Waals surface area contributed by atoms with Gasteiger partial charge in [0.15, 0.2) is 0 Å². The van der Waals surface area contributed by atoms with Gasteiger partial charge in [-0.25, -0.2) is 4.68 Å². The number of nitrogens with zero attached hydrogens (tertiary/aromatic N) is 4. The molecule has 0 bridgehead atoms. The van der Waals surface area contributed by atoms with E-state index in [2.05, 4.69) is 10.3 Å². The van der Waals surface area contributed by atoms with Gasteiger partial charge >= 0.3 is 0 Å². The summed E-state index contributed by atoms with van der Waals surface area (Å²) in [6.07, 6.45) is 0. The molecule has 0 saturated heterocycles. The molecule has 3 aromatic rings. The minimum absolute atomic E-state index is 0.0647. The first-order valence-corrected chi connectivity index (χ1v) is 5.97. The molecule has 0 saturated carbocycles. The Balaban J connectivity index is 2.27. The second-order valence-corrected chi connectivity index (χ2v) is 4.31. The van der Waals surface area contributed by atoms with Crippen LogP contribution in [0.25, 0.3) is 16.7 Å². The van der Waals surface area contributed by atoms with Crippen molar-refractivity contribution in [3.63, 3.8) is 0 Å². The average molecular weight is 283 g/mol. The maximum atomic E-state index is 11.2. The van der Waals surface area contributed by atoms with Gasteiger partial charge in [-0.15, -0.1) is 5.10 Å². The molecule has 1 amide bonds. The third kappa shape index (κ3) is 2.08. The van der Waals surface area contributed by atoms with Crippen LogP contribution in [0.5, 0.6) is 0 Å². The maximum Gasteiger partial charge on any atom is 0.295 e. The summed E-state index contributed by atoms with van der Waals surface area (Å²) in [4.78, 5) is 21.8. The quantitative estimate of drug-likeness (QED) is 0.576. The number of carbonyl (C=O) groups excluding carboxylic acids is 1. The van der Waals surface area contributed by atoms with Gasteiger partial charge in [0.05, 0.1) is 10.4 Å². The fourth-order valence-electron chi connectivity index (χ4n) is 2.05. The van der Waals surface area contributed by atoms with Crippen LogP contribution in [0, 0.1) is 10.1 Å². The molecule has 0 fully saturated rings.